The molecule has 60 heavy (non-hydrogen) atoms. The van der Waals surface area contributed by atoms with Gasteiger partial charge in [-0.1, -0.05) is 153 Å². The largest absolute Gasteiger partial charge is 0.512 e. The van der Waals surface area contributed by atoms with Gasteiger partial charge < -0.3 is 14.6 Å². The van der Waals surface area contributed by atoms with Crippen LogP contribution >= 0.6 is 0 Å². The van der Waals surface area contributed by atoms with E-state index in [2.05, 4.69) is 148 Å². The Balaban J connectivity index is 1.46. The van der Waals surface area contributed by atoms with Crippen LogP contribution in [-0.4, -0.2) is 51.0 Å². The Labute approximate surface area is 366 Å². The van der Waals surface area contributed by atoms with E-state index in [-0.39, 0.29) is 50.8 Å². The molecule has 0 spiro atoms. The smallest absolute Gasteiger partial charge is 0.133 e. The van der Waals surface area contributed by atoms with Crippen molar-refractivity contribution in [1.29, 1.82) is 0 Å². The minimum atomic E-state index is -0.587. The number of allylic oxidation sites excluding steroid dienone is 8. The molecule has 2 atom stereocenters. The monoisotopic (exact) mass is 829 g/mol. The molecule has 0 bridgehead atoms. The maximum atomic E-state index is 13.7. The van der Waals surface area contributed by atoms with E-state index in [1.165, 1.54) is 44.5 Å². The molecule has 0 aromatic heterocycles. The quantitative estimate of drug-likeness (QED) is 0.0850. The Morgan fingerprint density at radius 2 is 1.52 bits per heavy atom. The van der Waals surface area contributed by atoms with Gasteiger partial charge in [-0.2, -0.15) is 0 Å². The highest BCUT2D eigenvalue weighted by Gasteiger charge is 2.49. The van der Waals surface area contributed by atoms with Gasteiger partial charge in [-0.25, -0.2) is 9.78 Å². The second-order valence-corrected chi connectivity index (χ2v) is 23.5. The van der Waals surface area contributed by atoms with E-state index in [0.717, 1.165) is 24.8 Å². The average molecular weight is 829 g/mol. The summed E-state index contributed by atoms with van der Waals surface area (Å²) in [6.07, 6.45) is 12.4. The molecule has 0 radical (unpaired) electrons. The fourth-order valence-corrected chi connectivity index (χ4v) is 9.39. The molecule has 4 rings (SSSR count). The Morgan fingerprint density at radius 3 is 2.07 bits per heavy atom. The summed E-state index contributed by atoms with van der Waals surface area (Å²) in [4.78, 5) is 25.5. The Kier molecular flexibility index (Phi) is 15.4. The number of hydrogen-bond donors (Lipinski definition) is 1. The molecule has 0 saturated heterocycles. The van der Waals surface area contributed by atoms with Crippen LogP contribution in [0.3, 0.4) is 0 Å². The topological polar surface area (TPSA) is 74.2 Å². The van der Waals surface area contributed by atoms with Crippen molar-refractivity contribution in [3.8, 4) is 0 Å². The molecule has 3 aliphatic rings. The fraction of sp³-hybridized carbons (Fsp3) is 0.685. The number of benzene rings is 1. The maximum absolute atomic E-state index is 13.7. The first-order valence-electron chi connectivity index (χ1n) is 22.7. The van der Waals surface area contributed by atoms with E-state index >= 15 is 0 Å². The van der Waals surface area contributed by atoms with Crippen molar-refractivity contribution in [2.75, 3.05) is 40.1 Å². The summed E-state index contributed by atoms with van der Waals surface area (Å²) in [5, 5.41) is 11.3. The van der Waals surface area contributed by atoms with Gasteiger partial charge in [0, 0.05) is 42.1 Å². The maximum Gasteiger partial charge on any atom is 0.133 e. The van der Waals surface area contributed by atoms with E-state index in [4.69, 9.17) is 19.2 Å². The molecule has 3 aliphatic carbocycles. The number of carbonyl (C=O) groups excluding carboxylic acids is 1. The lowest BCUT2D eigenvalue weighted by Gasteiger charge is -2.38. The molecule has 336 valence electrons. The van der Waals surface area contributed by atoms with Gasteiger partial charge in [0.2, 0.25) is 0 Å². The van der Waals surface area contributed by atoms with Crippen molar-refractivity contribution in [2.45, 2.75) is 167 Å². The van der Waals surface area contributed by atoms with Crippen molar-refractivity contribution in [3.63, 3.8) is 0 Å². The van der Waals surface area contributed by atoms with Gasteiger partial charge in [0.25, 0.3) is 0 Å². The van der Waals surface area contributed by atoms with Gasteiger partial charge in [-0.3, -0.25) is 4.79 Å². The van der Waals surface area contributed by atoms with Crippen LogP contribution in [0.25, 0.3) is 0 Å². The Morgan fingerprint density at radius 1 is 0.850 bits per heavy atom. The fourth-order valence-electron chi connectivity index (χ4n) is 9.39. The highest BCUT2D eigenvalue weighted by atomic mass is 17.2. The number of ketones is 1. The van der Waals surface area contributed by atoms with Crippen molar-refractivity contribution in [2.24, 2.45) is 33.0 Å². The molecule has 0 amide bonds. The van der Waals surface area contributed by atoms with Crippen LogP contribution in [0.2, 0.25) is 0 Å². The zero-order chi connectivity index (χ0) is 45.3. The molecule has 0 heterocycles. The number of methoxy groups -OCH3 is 1. The van der Waals surface area contributed by atoms with Gasteiger partial charge in [0.15, 0.2) is 0 Å². The summed E-state index contributed by atoms with van der Waals surface area (Å²) in [5.74, 6) is 0.800. The first-order valence-corrected chi connectivity index (χ1v) is 22.7. The highest BCUT2D eigenvalue weighted by molar-refractivity contribution is 5.79. The third-order valence-electron chi connectivity index (χ3n) is 13.3. The number of aliphatic hydroxyl groups excluding tert-OH is 1. The third kappa shape index (κ3) is 12.0. The van der Waals surface area contributed by atoms with Crippen molar-refractivity contribution in [3.05, 3.63) is 92.3 Å². The Bertz CT molecular complexity index is 1870. The Hall–Kier alpha value is -2.77. The second kappa shape index (κ2) is 18.5. The molecule has 1 N–H and O–H groups in total. The van der Waals surface area contributed by atoms with Crippen molar-refractivity contribution in [1.82, 2.24) is 0 Å². The number of Topliss-reactive ketones (excluding diaryl/α,β-unsaturated/α-hetero) is 1. The van der Waals surface area contributed by atoms with E-state index in [9.17, 15) is 9.90 Å². The standard InChI is InChI=1S/C54H84O6/c1-19-39-45(52(39,14)15)40(48(2,3)4)21-20-27-59-60-35-54(33-57-18,34-58-28-25-37-31-43(50(8,9)10)47(56)44(32-37)51(11,12)13)26-24-38(55)23-22-36-29-41(49(5,6)7)46-42(30-36)53(46,16)17/h19-21,29-31,44,56H,22-28,32-35H2,1-18H3/b21-20+,39-19+,45-40+. The molecule has 1 aromatic rings. The van der Waals surface area contributed by atoms with Crippen LogP contribution < -0.4 is 0 Å². The van der Waals surface area contributed by atoms with E-state index in [1.807, 2.05) is 6.08 Å². The lowest BCUT2D eigenvalue weighted by atomic mass is 9.69. The van der Waals surface area contributed by atoms with Crippen LogP contribution in [0.1, 0.15) is 172 Å². The lowest BCUT2D eigenvalue weighted by Crippen LogP contribution is -2.38. The number of rotatable bonds is 19. The molecule has 6 heteroatoms. The molecule has 1 saturated carbocycles. The first-order chi connectivity index (χ1) is 27.5. The predicted molar refractivity (Wildman–Crippen MR) is 249 cm³/mol. The van der Waals surface area contributed by atoms with Gasteiger partial charge in [0.05, 0.1) is 32.2 Å². The molecule has 1 aromatic carbocycles. The van der Waals surface area contributed by atoms with Crippen LogP contribution in [0.4, 0.5) is 0 Å². The highest BCUT2D eigenvalue weighted by Crippen LogP contribution is 2.61. The summed E-state index contributed by atoms with van der Waals surface area (Å²) in [5.41, 5.74) is 11.4. The zero-order valence-electron chi connectivity index (χ0n) is 41.3. The molecular formula is C54H84O6. The summed E-state index contributed by atoms with van der Waals surface area (Å²) in [6.45, 7) is 39.8. The number of aryl methyl sites for hydroxylation is 1. The number of hydrogen-bond acceptors (Lipinski definition) is 6. The molecular weight excluding hydrogens is 745 g/mol. The van der Waals surface area contributed by atoms with E-state index < -0.39 is 5.41 Å². The minimum Gasteiger partial charge on any atom is -0.512 e. The molecule has 1 fully saturated rings. The molecule has 6 nitrogen and oxygen atoms in total. The van der Waals surface area contributed by atoms with Gasteiger partial charge >= 0.3 is 0 Å². The SMILES string of the molecule is C\C=C1/C(=C(/C=C/COOCC(CCC(=O)CCc2cc(C(C)(C)C)c3c(c2)C3(C)C)(COC)COCCC2=CC(C(C)(C)C)=C(O)C(C(C)(C)C)C2)C(C)(C)C)C1(C)C. The normalized spacial score (nSPS) is 21.6. The summed E-state index contributed by atoms with van der Waals surface area (Å²) in [7, 11) is 1.70. The molecule has 2 unspecified atom stereocenters. The van der Waals surface area contributed by atoms with Crippen LogP contribution in [0.5, 0.6) is 0 Å². The lowest BCUT2D eigenvalue weighted by molar-refractivity contribution is -0.308. The first kappa shape index (κ1) is 49.9. The van der Waals surface area contributed by atoms with Crippen molar-refractivity contribution < 1.29 is 29.1 Å². The summed E-state index contributed by atoms with van der Waals surface area (Å²) in [6, 6.07) is 4.65. The van der Waals surface area contributed by atoms with Gasteiger partial charge in [-0.15, -0.1) is 0 Å². The minimum absolute atomic E-state index is 0.00801. The third-order valence-corrected chi connectivity index (χ3v) is 13.3. The van der Waals surface area contributed by atoms with Crippen LogP contribution in [0.15, 0.2) is 70.1 Å². The van der Waals surface area contributed by atoms with E-state index in [1.54, 1.807) is 7.11 Å². The van der Waals surface area contributed by atoms with Gasteiger partial charge in [-0.05, 0) is 98.8 Å². The second-order valence-electron chi connectivity index (χ2n) is 23.5. The number of aliphatic hydroxyl groups is 1. The van der Waals surface area contributed by atoms with Crippen LogP contribution in [-0.2, 0) is 41.3 Å². The number of carbonyl (C=O) groups is 1. The van der Waals surface area contributed by atoms with Gasteiger partial charge in [0.1, 0.15) is 12.4 Å². The zero-order valence-corrected chi connectivity index (χ0v) is 41.3. The van der Waals surface area contributed by atoms with E-state index in [0.29, 0.717) is 51.4 Å². The summed E-state index contributed by atoms with van der Waals surface area (Å²) >= 11 is 0. The predicted octanol–water partition coefficient (Wildman–Crippen LogP) is 13.6. The number of fused-ring (bicyclic) bond motifs is 1. The molecule has 0 aliphatic heterocycles. The van der Waals surface area contributed by atoms with Crippen LogP contribution in [0, 0.1) is 33.0 Å². The summed E-state index contributed by atoms with van der Waals surface area (Å²) < 4.78 is 12.4. The average Bonchev–Trinajstić information content (AvgIpc) is 3.90. The number of ether oxygens (including phenoxy) is 2. The van der Waals surface area contributed by atoms with Crippen molar-refractivity contribution >= 4 is 5.78 Å².